The fraction of sp³-hybridized carbons (Fsp3) is 0.500. The van der Waals surface area contributed by atoms with Crippen LogP contribution in [-0.2, 0) is 13.0 Å². The van der Waals surface area contributed by atoms with E-state index in [2.05, 4.69) is 35.0 Å². The van der Waals surface area contributed by atoms with Gasteiger partial charge in [0.15, 0.2) is 5.78 Å². The number of ketones is 1. The minimum Gasteiger partial charge on any atom is -0.297 e. The zero-order chi connectivity index (χ0) is 17.8. The van der Waals surface area contributed by atoms with Gasteiger partial charge in [0.05, 0.1) is 5.69 Å². The summed E-state index contributed by atoms with van der Waals surface area (Å²) in [6.07, 6.45) is 3.00. The summed E-state index contributed by atoms with van der Waals surface area (Å²) in [5, 5.41) is 8.21. The third-order valence-electron chi connectivity index (χ3n) is 4.70. The fourth-order valence-corrected chi connectivity index (χ4v) is 3.64. The van der Waals surface area contributed by atoms with Crippen molar-refractivity contribution in [1.82, 2.24) is 15.1 Å². The van der Waals surface area contributed by atoms with E-state index in [4.69, 9.17) is 11.6 Å². The van der Waals surface area contributed by atoms with Crippen LogP contribution in [0.5, 0.6) is 0 Å². The van der Waals surface area contributed by atoms with E-state index < -0.39 is 0 Å². The Balaban J connectivity index is 1.60. The molecule has 1 unspecified atom stereocenters. The number of aromatic nitrogens is 2. The number of carbonyl (C=O) groups excluding carboxylic acids is 1. The summed E-state index contributed by atoms with van der Waals surface area (Å²) in [5.41, 5.74) is 3.02. The molecule has 134 valence electrons. The highest BCUT2D eigenvalue weighted by Crippen LogP contribution is 2.23. The van der Waals surface area contributed by atoms with Crippen LogP contribution in [0.3, 0.4) is 0 Å². The molecule has 0 bridgehead atoms. The predicted octanol–water partition coefficient (Wildman–Crippen LogP) is 4.36. The van der Waals surface area contributed by atoms with Crippen molar-refractivity contribution in [2.75, 3.05) is 13.1 Å². The number of rotatable bonds is 6. The Bertz CT molecular complexity index is 708. The molecule has 0 spiro atoms. The van der Waals surface area contributed by atoms with Crippen LogP contribution >= 0.6 is 11.6 Å². The number of Topliss-reactive ketones (excluding diaryl/α,β-unsaturated/α-hetero) is 1. The lowest BCUT2D eigenvalue weighted by Gasteiger charge is -2.31. The molecule has 4 nitrogen and oxygen atoms in total. The number of hydrogen-bond donors (Lipinski definition) is 1. The molecular formula is C20H26ClN3O. The Morgan fingerprint density at radius 2 is 2.12 bits per heavy atom. The van der Waals surface area contributed by atoms with Crippen molar-refractivity contribution < 1.29 is 4.79 Å². The zero-order valence-electron chi connectivity index (χ0n) is 15.0. The van der Waals surface area contributed by atoms with Gasteiger partial charge < -0.3 is 0 Å². The zero-order valence-corrected chi connectivity index (χ0v) is 15.7. The Morgan fingerprint density at radius 1 is 1.36 bits per heavy atom. The molecule has 2 aromatic rings. The van der Waals surface area contributed by atoms with Gasteiger partial charge in [-0.3, -0.25) is 14.8 Å². The number of aromatic amines is 1. The Labute approximate surface area is 154 Å². The van der Waals surface area contributed by atoms with Gasteiger partial charge in [-0.15, -0.1) is 0 Å². The van der Waals surface area contributed by atoms with Crippen LogP contribution in [0.2, 0.25) is 5.02 Å². The van der Waals surface area contributed by atoms with Crippen molar-refractivity contribution in [2.24, 2.45) is 11.8 Å². The number of carbonyl (C=O) groups is 1. The van der Waals surface area contributed by atoms with Gasteiger partial charge in [-0.1, -0.05) is 25.4 Å². The lowest BCUT2D eigenvalue weighted by molar-refractivity contribution is 0.0810. The predicted molar refractivity (Wildman–Crippen MR) is 101 cm³/mol. The summed E-state index contributed by atoms with van der Waals surface area (Å²) in [4.78, 5) is 15.1. The third-order valence-corrected chi connectivity index (χ3v) is 4.95. The minimum atomic E-state index is 0.0629. The lowest BCUT2D eigenvalue weighted by Crippen LogP contribution is -2.38. The summed E-state index contributed by atoms with van der Waals surface area (Å²) >= 11 is 5.92. The van der Waals surface area contributed by atoms with Gasteiger partial charge in [0, 0.05) is 35.3 Å². The lowest BCUT2D eigenvalue weighted by atomic mass is 9.90. The van der Waals surface area contributed by atoms with Crippen LogP contribution in [0, 0.1) is 11.8 Å². The first-order valence-corrected chi connectivity index (χ1v) is 9.44. The maximum Gasteiger partial charge on any atom is 0.167 e. The van der Waals surface area contributed by atoms with Gasteiger partial charge in [-0.2, -0.15) is 5.10 Å². The molecule has 1 atom stereocenters. The van der Waals surface area contributed by atoms with Crippen molar-refractivity contribution in [1.29, 1.82) is 0 Å². The second-order valence-electron chi connectivity index (χ2n) is 7.43. The van der Waals surface area contributed by atoms with E-state index in [1.165, 1.54) is 0 Å². The van der Waals surface area contributed by atoms with Crippen molar-refractivity contribution in [3.63, 3.8) is 0 Å². The maximum absolute atomic E-state index is 12.7. The molecule has 3 rings (SSSR count). The third kappa shape index (κ3) is 4.93. The van der Waals surface area contributed by atoms with Crippen LogP contribution < -0.4 is 0 Å². The molecule has 0 radical (unpaired) electrons. The van der Waals surface area contributed by atoms with Gasteiger partial charge in [-0.25, -0.2) is 0 Å². The standard InChI is InChI=1S/C20H26ClN3O/c1-14(2)10-18-11-19(23-22-18)13-24-9-3-4-16(12-24)20(25)15-5-7-17(21)8-6-15/h5-8,11,14,16H,3-4,9-10,12-13H2,1-2H3,(H,22,23). The Kier molecular flexibility index (Phi) is 5.92. The average molecular weight is 360 g/mol. The highest BCUT2D eigenvalue weighted by molar-refractivity contribution is 6.30. The molecule has 0 saturated carbocycles. The van der Waals surface area contributed by atoms with E-state index in [0.29, 0.717) is 10.9 Å². The van der Waals surface area contributed by atoms with Crippen molar-refractivity contribution in [2.45, 2.75) is 39.7 Å². The number of nitrogens with zero attached hydrogens (tertiary/aromatic N) is 2. The average Bonchev–Trinajstić information content (AvgIpc) is 3.01. The van der Waals surface area contributed by atoms with E-state index >= 15 is 0 Å². The van der Waals surface area contributed by atoms with E-state index in [1.807, 2.05) is 12.1 Å². The van der Waals surface area contributed by atoms with Crippen LogP contribution in [0.15, 0.2) is 30.3 Å². The first kappa shape index (κ1) is 18.2. The summed E-state index contributed by atoms with van der Waals surface area (Å²) in [7, 11) is 0. The molecule has 25 heavy (non-hydrogen) atoms. The number of benzene rings is 1. The minimum absolute atomic E-state index is 0.0629. The van der Waals surface area contributed by atoms with Gasteiger partial charge >= 0.3 is 0 Å². The first-order chi connectivity index (χ1) is 12.0. The quantitative estimate of drug-likeness (QED) is 0.780. The van der Waals surface area contributed by atoms with E-state index in [0.717, 1.165) is 55.8 Å². The largest absolute Gasteiger partial charge is 0.297 e. The van der Waals surface area contributed by atoms with Gasteiger partial charge in [0.1, 0.15) is 0 Å². The number of halogens is 1. The van der Waals surface area contributed by atoms with E-state index in [1.54, 1.807) is 12.1 Å². The van der Waals surface area contributed by atoms with Crippen LogP contribution in [0.4, 0.5) is 0 Å². The number of piperidine rings is 1. The van der Waals surface area contributed by atoms with Crippen molar-refractivity contribution in [3.8, 4) is 0 Å². The molecule has 1 aliphatic rings. The van der Waals surface area contributed by atoms with E-state index in [-0.39, 0.29) is 11.7 Å². The fourth-order valence-electron chi connectivity index (χ4n) is 3.52. The molecule has 1 aliphatic heterocycles. The molecule has 1 aromatic heterocycles. The molecule has 5 heteroatoms. The highest BCUT2D eigenvalue weighted by Gasteiger charge is 2.26. The summed E-state index contributed by atoms with van der Waals surface area (Å²) < 4.78 is 0. The molecular weight excluding hydrogens is 334 g/mol. The van der Waals surface area contributed by atoms with Crippen LogP contribution in [0.1, 0.15) is 48.4 Å². The molecule has 1 aromatic carbocycles. The molecule has 0 amide bonds. The number of hydrogen-bond acceptors (Lipinski definition) is 3. The Morgan fingerprint density at radius 3 is 2.84 bits per heavy atom. The topological polar surface area (TPSA) is 49.0 Å². The van der Waals surface area contributed by atoms with Crippen molar-refractivity contribution >= 4 is 17.4 Å². The molecule has 1 saturated heterocycles. The highest BCUT2D eigenvalue weighted by atomic mass is 35.5. The monoisotopic (exact) mass is 359 g/mol. The normalized spacial score (nSPS) is 18.6. The van der Waals surface area contributed by atoms with Crippen LogP contribution in [0.25, 0.3) is 0 Å². The number of likely N-dealkylation sites (tertiary alicyclic amines) is 1. The summed E-state index contributed by atoms with van der Waals surface area (Å²) in [6.45, 7) is 7.07. The number of H-pyrrole nitrogens is 1. The SMILES string of the molecule is CC(C)Cc1cc(CN2CCCC(C(=O)c3ccc(Cl)cc3)C2)[nH]n1. The van der Waals surface area contributed by atoms with Crippen molar-refractivity contribution in [3.05, 3.63) is 52.3 Å². The second kappa shape index (κ2) is 8.15. The molecule has 1 fully saturated rings. The number of nitrogens with one attached hydrogen (secondary N) is 1. The van der Waals surface area contributed by atoms with E-state index in [9.17, 15) is 4.79 Å². The van der Waals surface area contributed by atoms with Gasteiger partial charge in [0.2, 0.25) is 0 Å². The first-order valence-electron chi connectivity index (χ1n) is 9.06. The van der Waals surface area contributed by atoms with Crippen LogP contribution in [-0.4, -0.2) is 34.0 Å². The summed E-state index contributed by atoms with van der Waals surface area (Å²) in [5.74, 6) is 0.895. The Hall–Kier alpha value is -1.65. The molecule has 2 heterocycles. The molecule has 0 aliphatic carbocycles. The maximum atomic E-state index is 12.7. The molecule has 1 N–H and O–H groups in total. The smallest absolute Gasteiger partial charge is 0.167 e. The summed E-state index contributed by atoms with van der Waals surface area (Å²) in [6, 6.07) is 9.39. The van der Waals surface area contributed by atoms with Gasteiger partial charge in [0.25, 0.3) is 0 Å². The van der Waals surface area contributed by atoms with Gasteiger partial charge in [-0.05, 0) is 62.1 Å². The second-order valence-corrected chi connectivity index (χ2v) is 7.86.